The van der Waals surface area contributed by atoms with Crippen LogP contribution in [0.25, 0.3) is 0 Å². The highest BCUT2D eigenvalue weighted by atomic mass is 35.5. The molecular weight excluding hydrogens is 335 g/mol. The molecule has 0 spiro atoms. The Morgan fingerprint density at radius 1 is 1.26 bits per heavy atom. The van der Waals surface area contributed by atoms with Crippen molar-refractivity contribution in [2.24, 2.45) is 5.92 Å². The first-order valence-electron chi connectivity index (χ1n) is 7.41. The van der Waals surface area contributed by atoms with Gasteiger partial charge in [0.15, 0.2) is 0 Å². The van der Waals surface area contributed by atoms with Crippen molar-refractivity contribution in [3.63, 3.8) is 0 Å². The van der Waals surface area contributed by atoms with Crippen LogP contribution < -0.4 is 10.2 Å². The van der Waals surface area contributed by atoms with Crippen molar-refractivity contribution >= 4 is 40.6 Å². The van der Waals surface area contributed by atoms with Gasteiger partial charge in [-0.25, -0.2) is 9.97 Å². The van der Waals surface area contributed by atoms with Crippen LogP contribution in [0.1, 0.15) is 12.8 Å². The molecule has 0 radical (unpaired) electrons. The second-order valence-corrected chi connectivity index (χ2v) is 6.30. The molecule has 2 aromatic rings. The number of hydrogen-bond donors (Lipinski definition) is 1. The Morgan fingerprint density at radius 2 is 2.13 bits per heavy atom. The van der Waals surface area contributed by atoms with Crippen LogP contribution in [0.4, 0.5) is 11.5 Å². The van der Waals surface area contributed by atoms with Gasteiger partial charge >= 0.3 is 0 Å². The summed E-state index contributed by atoms with van der Waals surface area (Å²) in [5, 5.41) is 3.85. The maximum absolute atomic E-state index is 12.4. The zero-order valence-corrected chi connectivity index (χ0v) is 13.9. The monoisotopic (exact) mass is 350 g/mol. The van der Waals surface area contributed by atoms with Gasteiger partial charge in [0, 0.05) is 31.2 Å². The average molecular weight is 351 g/mol. The number of pyridine rings is 2. The second-order valence-electron chi connectivity index (χ2n) is 5.47. The van der Waals surface area contributed by atoms with E-state index in [4.69, 9.17) is 23.2 Å². The molecule has 3 heterocycles. The van der Waals surface area contributed by atoms with Gasteiger partial charge in [0.25, 0.3) is 0 Å². The fraction of sp³-hybridized carbons (Fsp3) is 0.312. The van der Waals surface area contributed by atoms with E-state index in [0.717, 1.165) is 25.1 Å². The van der Waals surface area contributed by atoms with E-state index in [-0.39, 0.29) is 11.8 Å². The predicted octanol–water partition coefficient (Wildman–Crippen LogP) is 3.64. The van der Waals surface area contributed by atoms with E-state index >= 15 is 0 Å². The van der Waals surface area contributed by atoms with Gasteiger partial charge in [-0.3, -0.25) is 4.79 Å². The van der Waals surface area contributed by atoms with Crippen molar-refractivity contribution in [1.29, 1.82) is 0 Å². The molecule has 1 aliphatic heterocycles. The molecule has 2 aromatic heterocycles. The summed E-state index contributed by atoms with van der Waals surface area (Å²) in [4.78, 5) is 22.7. The number of carbonyl (C=O) groups is 1. The van der Waals surface area contributed by atoms with Gasteiger partial charge in [-0.15, -0.1) is 0 Å². The van der Waals surface area contributed by atoms with Gasteiger partial charge < -0.3 is 10.2 Å². The number of rotatable bonds is 3. The van der Waals surface area contributed by atoms with Crippen LogP contribution in [-0.2, 0) is 4.79 Å². The maximum atomic E-state index is 12.4. The van der Waals surface area contributed by atoms with E-state index in [1.54, 1.807) is 18.3 Å². The van der Waals surface area contributed by atoms with E-state index in [0.29, 0.717) is 22.5 Å². The largest absolute Gasteiger partial charge is 0.371 e. The molecule has 1 amide bonds. The molecule has 3 rings (SSSR count). The smallest absolute Gasteiger partial charge is 0.230 e. The lowest BCUT2D eigenvalue weighted by Gasteiger charge is -2.33. The number of carbonyl (C=O) groups excluding carboxylic acids is 1. The van der Waals surface area contributed by atoms with Crippen LogP contribution in [0.3, 0.4) is 0 Å². The second kappa shape index (κ2) is 7.15. The zero-order chi connectivity index (χ0) is 16.2. The van der Waals surface area contributed by atoms with Crippen LogP contribution in [-0.4, -0.2) is 29.0 Å². The third-order valence-electron chi connectivity index (χ3n) is 3.85. The molecule has 0 aliphatic carbocycles. The Morgan fingerprint density at radius 3 is 2.87 bits per heavy atom. The number of piperidine rings is 1. The molecule has 5 nitrogen and oxygen atoms in total. The minimum absolute atomic E-state index is 0.0234. The van der Waals surface area contributed by atoms with Crippen LogP contribution in [0, 0.1) is 5.92 Å². The number of amides is 1. The minimum Gasteiger partial charge on any atom is -0.371 e. The first-order chi connectivity index (χ1) is 11.1. The van der Waals surface area contributed by atoms with Crippen molar-refractivity contribution in [3.8, 4) is 0 Å². The first kappa shape index (κ1) is 16.0. The molecular formula is C16H16Cl2N4O. The van der Waals surface area contributed by atoms with E-state index in [9.17, 15) is 4.79 Å². The Balaban J connectivity index is 1.65. The van der Waals surface area contributed by atoms with Crippen LogP contribution in [0.15, 0.2) is 36.7 Å². The standard InChI is InChI=1S/C16H16Cl2N4O/c17-12-3-4-15(20-9-12)21-16(23)11-2-1-7-22(10-11)13-5-6-19-14(18)8-13/h3-6,8-9,11H,1-2,7,10H2,(H,20,21,23). The molecule has 0 saturated carbocycles. The fourth-order valence-corrected chi connectivity index (χ4v) is 2.97. The van der Waals surface area contributed by atoms with Crippen LogP contribution in [0.5, 0.6) is 0 Å². The first-order valence-corrected chi connectivity index (χ1v) is 8.16. The maximum Gasteiger partial charge on any atom is 0.230 e. The summed E-state index contributed by atoms with van der Waals surface area (Å²) >= 11 is 11.7. The van der Waals surface area contributed by atoms with Crippen molar-refractivity contribution in [3.05, 3.63) is 46.8 Å². The number of aromatic nitrogens is 2. The van der Waals surface area contributed by atoms with Gasteiger partial charge in [-0.1, -0.05) is 23.2 Å². The molecule has 1 aliphatic rings. The molecule has 1 atom stereocenters. The predicted molar refractivity (Wildman–Crippen MR) is 92.1 cm³/mol. The van der Waals surface area contributed by atoms with E-state index < -0.39 is 0 Å². The summed E-state index contributed by atoms with van der Waals surface area (Å²) < 4.78 is 0. The van der Waals surface area contributed by atoms with Crippen molar-refractivity contribution < 1.29 is 4.79 Å². The van der Waals surface area contributed by atoms with Gasteiger partial charge in [-0.05, 0) is 37.1 Å². The van der Waals surface area contributed by atoms with E-state index in [1.165, 1.54) is 6.20 Å². The van der Waals surface area contributed by atoms with Crippen LogP contribution in [0.2, 0.25) is 10.2 Å². The Kier molecular flexibility index (Phi) is 4.98. The third-order valence-corrected chi connectivity index (χ3v) is 4.28. The Hall–Kier alpha value is -1.85. The molecule has 1 N–H and O–H groups in total. The summed E-state index contributed by atoms with van der Waals surface area (Å²) in [7, 11) is 0. The van der Waals surface area contributed by atoms with Gasteiger partial charge in [-0.2, -0.15) is 0 Å². The molecule has 23 heavy (non-hydrogen) atoms. The lowest BCUT2D eigenvalue weighted by Crippen LogP contribution is -2.40. The van der Waals surface area contributed by atoms with Crippen molar-refractivity contribution in [1.82, 2.24) is 9.97 Å². The van der Waals surface area contributed by atoms with Crippen molar-refractivity contribution in [2.45, 2.75) is 12.8 Å². The average Bonchev–Trinajstić information content (AvgIpc) is 2.57. The molecule has 1 saturated heterocycles. The zero-order valence-electron chi connectivity index (χ0n) is 12.4. The van der Waals surface area contributed by atoms with Gasteiger partial charge in [0.05, 0.1) is 10.9 Å². The van der Waals surface area contributed by atoms with E-state index in [2.05, 4.69) is 20.2 Å². The van der Waals surface area contributed by atoms with E-state index in [1.807, 2.05) is 12.1 Å². The molecule has 120 valence electrons. The molecule has 1 unspecified atom stereocenters. The Labute approximate surface area is 144 Å². The lowest BCUT2D eigenvalue weighted by molar-refractivity contribution is -0.120. The van der Waals surface area contributed by atoms with Gasteiger partial charge in [0.2, 0.25) is 5.91 Å². The minimum atomic E-state index is -0.0897. The topological polar surface area (TPSA) is 58.1 Å². The van der Waals surface area contributed by atoms with Gasteiger partial charge in [0.1, 0.15) is 11.0 Å². The number of nitrogens with zero attached hydrogens (tertiary/aromatic N) is 3. The summed E-state index contributed by atoms with van der Waals surface area (Å²) in [5.74, 6) is 0.404. The van der Waals surface area contributed by atoms with Crippen molar-refractivity contribution in [2.75, 3.05) is 23.3 Å². The summed E-state index contributed by atoms with van der Waals surface area (Å²) in [6.45, 7) is 1.56. The highest BCUT2D eigenvalue weighted by molar-refractivity contribution is 6.30. The number of anilines is 2. The summed E-state index contributed by atoms with van der Waals surface area (Å²) in [6.07, 6.45) is 5.00. The SMILES string of the molecule is O=C(Nc1ccc(Cl)cn1)C1CCCN(c2ccnc(Cl)c2)C1. The summed E-state index contributed by atoms with van der Waals surface area (Å²) in [5.41, 5.74) is 0.993. The highest BCUT2D eigenvalue weighted by Gasteiger charge is 2.26. The molecule has 0 aromatic carbocycles. The third kappa shape index (κ3) is 4.12. The van der Waals surface area contributed by atoms with Crippen LogP contribution >= 0.6 is 23.2 Å². The normalized spacial score (nSPS) is 17.8. The molecule has 1 fully saturated rings. The Bertz CT molecular complexity index is 693. The quantitative estimate of drug-likeness (QED) is 0.858. The number of halogens is 2. The number of nitrogens with one attached hydrogen (secondary N) is 1. The summed E-state index contributed by atoms with van der Waals surface area (Å²) in [6, 6.07) is 7.13. The molecule has 7 heteroatoms. The number of hydrogen-bond acceptors (Lipinski definition) is 4. The highest BCUT2D eigenvalue weighted by Crippen LogP contribution is 2.25. The lowest BCUT2D eigenvalue weighted by atomic mass is 9.96. The molecule has 0 bridgehead atoms. The fourth-order valence-electron chi connectivity index (χ4n) is 2.69.